The van der Waals surface area contributed by atoms with E-state index >= 15 is 0 Å². The van der Waals surface area contributed by atoms with Crippen LogP contribution in [0.3, 0.4) is 0 Å². The second-order valence-corrected chi connectivity index (χ2v) is 12.2. The first-order valence-corrected chi connectivity index (χ1v) is 12.2. The molecule has 0 bridgehead atoms. The van der Waals surface area contributed by atoms with Gasteiger partial charge in [0.05, 0.1) is 0 Å². The summed E-state index contributed by atoms with van der Waals surface area (Å²) in [5, 5.41) is 14.4. The number of imidazole rings is 1. The van der Waals surface area contributed by atoms with E-state index in [1.807, 2.05) is 12.5 Å². The average Bonchev–Trinajstić information content (AvgIpc) is 3.33. The number of nitriles is 1. The van der Waals surface area contributed by atoms with Gasteiger partial charge in [0.1, 0.15) is 0 Å². The first-order valence-electron chi connectivity index (χ1n) is 9.97. The van der Waals surface area contributed by atoms with E-state index in [1.54, 1.807) is 23.1 Å². The van der Waals surface area contributed by atoms with Crippen molar-refractivity contribution in [3.63, 3.8) is 0 Å². The molecule has 0 aromatic carbocycles. The van der Waals surface area contributed by atoms with E-state index in [1.165, 1.54) is 4.35 Å². The van der Waals surface area contributed by atoms with Gasteiger partial charge in [-0.25, -0.2) is 0 Å². The molecule has 4 rings (SSSR count). The zero-order chi connectivity index (χ0) is 21.3. The van der Waals surface area contributed by atoms with Crippen molar-refractivity contribution in [2.75, 3.05) is 0 Å². The fraction of sp³-hybridized carbons (Fsp3) is 0.318. The monoisotopic (exact) mass is 461 g/mol. The van der Waals surface area contributed by atoms with Crippen molar-refractivity contribution in [2.24, 2.45) is 5.92 Å². The van der Waals surface area contributed by atoms with E-state index in [2.05, 4.69) is 65.7 Å². The Hall–Kier alpha value is -2.97. The zero-order valence-corrected chi connectivity index (χ0v) is 19.6. The van der Waals surface area contributed by atoms with Crippen LogP contribution in [0.5, 0.6) is 0 Å². The standard InChI is InChI=1S/C22H24AsN7/c1-14(2)11-29-12-20(27-13-29)18-10-25-21(6-19(18)23-15(3)4)30-22-17(9-28-30)5-16(7-24)8-26-22/h5-6,8-10,12-15,23H,11H2,1-4H3. The summed E-state index contributed by atoms with van der Waals surface area (Å²) < 4.78 is 5.81. The fourth-order valence-electron chi connectivity index (χ4n) is 3.37. The molecule has 0 amide bonds. The van der Waals surface area contributed by atoms with Gasteiger partial charge in [0.2, 0.25) is 0 Å². The molecular formula is C22H24AsN7. The van der Waals surface area contributed by atoms with Crippen molar-refractivity contribution >= 4 is 31.1 Å². The van der Waals surface area contributed by atoms with Crippen LogP contribution in [0.4, 0.5) is 0 Å². The first-order chi connectivity index (χ1) is 14.4. The molecule has 7 nitrogen and oxygen atoms in total. The summed E-state index contributed by atoms with van der Waals surface area (Å²) in [5.74, 6) is 1.31. The Kier molecular flexibility index (Phi) is 5.69. The molecule has 0 radical (unpaired) electrons. The third-order valence-corrected chi connectivity index (χ3v) is 7.30. The van der Waals surface area contributed by atoms with Gasteiger partial charge in [-0.05, 0) is 0 Å². The van der Waals surface area contributed by atoms with Gasteiger partial charge in [-0.1, -0.05) is 0 Å². The quantitative estimate of drug-likeness (QED) is 0.412. The van der Waals surface area contributed by atoms with Gasteiger partial charge in [0, 0.05) is 0 Å². The van der Waals surface area contributed by atoms with E-state index < -0.39 is 0 Å². The van der Waals surface area contributed by atoms with Crippen LogP contribution in [0, 0.1) is 17.2 Å². The van der Waals surface area contributed by atoms with Gasteiger partial charge in [0.25, 0.3) is 0 Å². The Morgan fingerprint density at radius 2 is 1.90 bits per heavy atom. The number of pyridine rings is 2. The molecule has 1 atom stereocenters. The molecule has 30 heavy (non-hydrogen) atoms. The molecule has 4 aromatic heterocycles. The predicted octanol–water partition coefficient (Wildman–Crippen LogP) is 3.10. The number of aromatic nitrogens is 6. The van der Waals surface area contributed by atoms with Crippen molar-refractivity contribution in [1.82, 2.24) is 29.3 Å². The van der Waals surface area contributed by atoms with Crippen molar-refractivity contribution in [2.45, 2.75) is 38.9 Å². The van der Waals surface area contributed by atoms with Crippen LogP contribution < -0.4 is 4.35 Å². The Labute approximate surface area is 182 Å². The summed E-state index contributed by atoms with van der Waals surface area (Å²) in [5.41, 5.74) is 3.29. The summed E-state index contributed by atoms with van der Waals surface area (Å²) in [4.78, 5) is 13.8. The molecule has 0 aliphatic rings. The van der Waals surface area contributed by atoms with Crippen LogP contribution >= 0.6 is 0 Å². The predicted molar refractivity (Wildman–Crippen MR) is 119 cm³/mol. The van der Waals surface area contributed by atoms with Crippen LogP contribution in [0.25, 0.3) is 28.1 Å². The average molecular weight is 461 g/mol. The summed E-state index contributed by atoms with van der Waals surface area (Å²) in [6.07, 6.45) is 9.22. The minimum absolute atomic E-state index is 0.384. The number of hydrogen-bond acceptors (Lipinski definition) is 5. The fourth-order valence-corrected chi connectivity index (χ4v) is 5.85. The van der Waals surface area contributed by atoms with Gasteiger partial charge < -0.3 is 0 Å². The summed E-state index contributed by atoms with van der Waals surface area (Å²) in [7, 11) is 0. The molecule has 0 aliphatic carbocycles. The molecule has 1 unspecified atom stereocenters. The SMILES string of the molecule is CC(C)Cn1cnc(-c2cnc(-n3ncc4cc(C#N)cnc43)cc2[AsH]C(C)C)c1. The molecule has 8 heteroatoms. The van der Waals surface area contributed by atoms with E-state index in [4.69, 9.17) is 10.2 Å². The molecule has 0 spiro atoms. The third-order valence-electron chi connectivity index (χ3n) is 4.57. The number of fused-ring (bicyclic) bond motifs is 1. The number of hydrogen-bond donors (Lipinski definition) is 0. The van der Waals surface area contributed by atoms with Crippen molar-refractivity contribution in [3.8, 4) is 23.1 Å². The molecule has 0 N–H and O–H groups in total. The van der Waals surface area contributed by atoms with Crippen molar-refractivity contribution in [1.29, 1.82) is 5.26 Å². The second kappa shape index (κ2) is 8.41. The van der Waals surface area contributed by atoms with Crippen LogP contribution in [-0.2, 0) is 6.54 Å². The van der Waals surface area contributed by atoms with Gasteiger partial charge in [-0.2, -0.15) is 0 Å². The Morgan fingerprint density at radius 1 is 1.07 bits per heavy atom. The Bertz CT molecular complexity index is 1230. The summed E-state index contributed by atoms with van der Waals surface area (Å²) >= 11 is -0.384. The Balaban J connectivity index is 1.77. The van der Waals surface area contributed by atoms with Crippen LogP contribution in [0.2, 0.25) is 4.71 Å². The van der Waals surface area contributed by atoms with E-state index in [9.17, 15) is 0 Å². The maximum absolute atomic E-state index is 9.10. The van der Waals surface area contributed by atoms with Gasteiger partial charge in [-0.3, -0.25) is 0 Å². The van der Waals surface area contributed by atoms with E-state index in [-0.39, 0.29) is 15.8 Å². The first kappa shape index (κ1) is 20.3. The molecule has 0 saturated carbocycles. The molecule has 0 saturated heterocycles. The van der Waals surface area contributed by atoms with Crippen molar-refractivity contribution < 1.29 is 0 Å². The van der Waals surface area contributed by atoms with Crippen LogP contribution in [0.15, 0.2) is 43.2 Å². The van der Waals surface area contributed by atoms with Crippen LogP contribution in [-0.4, -0.2) is 45.1 Å². The van der Waals surface area contributed by atoms with Gasteiger partial charge in [-0.15, -0.1) is 0 Å². The summed E-state index contributed by atoms with van der Waals surface area (Å²) in [6.45, 7) is 9.87. The molecule has 4 aromatic rings. The van der Waals surface area contributed by atoms with Crippen molar-refractivity contribution in [3.05, 3.63) is 48.8 Å². The maximum atomic E-state index is 9.10. The molecule has 0 aliphatic heterocycles. The zero-order valence-electron chi connectivity index (χ0n) is 17.5. The Morgan fingerprint density at radius 3 is 2.63 bits per heavy atom. The number of nitrogens with zero attached hydrogens (tertiary/aromatic N) is 7. The molecule has 0 fully saturated rings. The van der Waals surface area contributed by atoms with E-state index in [0.717, 1.165) is 29.0 Å². The topological polar surface area (TPSA) is 85.2 Å². The van der Waals surface area contributed by atoms with Gasteiger partial charge >= 0.3 is 183 Å². The molecule has 152 valence electrons. The molecule has 4 heterocycles. The minimum atomic E-state index is -0.384. The third kappa shape index (κ3) is 4.15. The second-order valence-electron chi connectivity index (χ2n) is 8.04. The normalized spacial score (nSPS) is 11.9. The van der Waals surface area contributed by atoms with Gasteiger partial charge in [0.15, 0.2) is 0 Å². The molecular weight excluding hydrogens is 437 g/mol. The van der Waals surface area contributed by atoms with Crippen LogP contribution in [0.1, 0.15) is 33.3 Å². The summed E-state index contributed by atoms with van der Waals surface area (Å²) in [6, 6.07) is 6.04. The van der Waals surface area contributed by atoms with E-state index in [0.29, 0.717) is 21.8 Å². The number of rotatable bonds is 6.